The predicted molar refractivity (Wildman–Crippen MR) is 251 cm³/mol. The highest BCUT2D eigenvalue weighted by atomic mass is 128. The van der Waals surface area contributed by atoms with Gasteiger partial charge in [0.25, 0.3) is 0 Å². The number of nitrogen functional groups attached to an aromatic ring is 2. The van der Waals surface area contributed by atoms with Crippen molar-refractivity contribution in [3.05, 3.63) is 130 Å². The molecule has 0 aliphatic carbocycles. The van der Waals surface area contributed by atoms with E-state index >= 15 is 0 Å². The molecule has 0 radical (unpaired) electrons. The summed E-state index contributed by atoms with van der Waals surface area (Å²) in [5.74, 6) is 5.04. The molecule has 0 saturated heterocycles. The summed E-state index contributed by atoms with van der Waals surface area (Å²) in [6, 6.07) is 10.8. The Morgan fingerprint density at radius 2 is 1.14 bits per heavy atom. The highest BCUT2D eigenvalue weighted by molar-refractivity contribution is 15.0. The van der Waals surface area contributed by atoms with Crippen LogP contribution in [-0.4, -0.2) is 15.9 Å². The summed E-state index contributed by atoms with van der Waals surface area (Å²) in [4.78, 5) is 5.87. The van der Waals surface area contributed by atoms with E-state index in [0.717, 1.165) is 41.2 Å². The summed E-state index contributed by atoms with van der Waals surface area (Å²) in [6.45, 7) is 12.9. The maximum absolute atomic E-state index is 12.6. The van der Waals surface area contributed by atoms with Crippen LogP contribution in [0.3, 0.4) is 0 Å². The second-order valence-electron chi connectivity index (χ2n) is 10.4. The van der Waals surface area contributed by atoms with Gasteiger partial charge in [-0.3, -0.25) is 10.7 Å². The smallest absolute Gasteiger partial charge is 0.384 e. The molecule has 7 N–H and O–H groups in total. The van der Waals surface area contributed by atoms with Crippen molar-refractivity contribution in [2.75, 3.05) is 16.6 Å². The number of benzene rings is 3. The Morgan fingerprint density at radius 1 is 0.746 bits per heavy atom. The standard InChI is InChI=1S/C11H5Cl2F3N4.C11H7Cl2F3N4.C7H5Cl2F3N2.C4H2N2.I2.HI/c12-7-1-5(11(14,15)16)2-8(13)10(7)20-9(18)3-6(4-17)19-20;1-18-9(2-3-17)19-20-10-7(12)4-6(5-8(10)13)11(14,15)16;8-4-1-3(7(10,11)12)2-5(9)6(4)14-13;1-6-4-2-3-5;1-2;/h1-3H,18H2;4-5,9,19-20H,2H2;1-2,14H,13H2;2,4H;;1H/b;;;4-2+;;. The summed E-state index contributed by atoms with van der Waals surface area (Å²) >= 11 is 38.3. The minimum atomic E-state index is -4.57. The Bertz CT molecular complexity index is 2320. The molecule has 0 fully saturated rings. The van der Waals surface area contributed by atoms with Gasteiger partial charge in [0.1, 0.15) is 24.0 Å². The predicted octanol–water partition coefficient (Wildman–Crippen LogP) is 14.4. The van der Waals surface area contributed by atoms with Crippen LogP contribution in [0.1, 0.15) is 28.8 Å². The largest absolute Gasteiger partial charge is 0.416 e. The molecule has 338 valence electrons. The van der Waals surface area contributed by atoms with E-state index in [1.807, 2.05) is 0 Å². The lowest BCUT2D eigenvalue weighted by molar-refractivity contribution is -0.138. The van der Waals surface area contributed by atoms with E-state index in [0.29, 0.717) is 12.1 Å². The van der Waals surface area contributed by atoms with Crippen molar-refractivity contribution in [3.8, 4) is 23.9 Å². The van der Waals surface area contributed by atoms with Crippen LogP contribution < -0.4 is 27.9 Å². The van der Waals surface area contributed by atoms with Gasteiger partial charge >= 0.3 is 24.7 Å². The number of nitrogens with two attached hydrogens (primary N) is 2. The van der Waals surface area contributed by atoms with E-state index in [-0.39, 0.29) is 89.1 Å². The van der Waals surface area contributed by atoms with Crippen LogP contribution in [0, 0.1) is 47.1 Å². The van der Waals surface area contributed by atoms with Crippen molar-refractivity contribution < 1.29 is 39.5 Å². The van der Waals surface area contributed by atoms with Gasteiger partial charge in [0.2, 0.25) is 0 Å². The number of aromatic nitrogens is 2. The molecule has 3 aromatic carbocycles. The monoisotopic (exact) mass is 1350 g/mol. The number of anilines is 3. The molecule has 1 unspecified atom stereocenters. The quantitative estimate of drug-likeness (QED) is 0.0313. The van der Waals surface area contributed by atoms with Gasteiger partial charge in [0, 0.05) is 49.4 Å². The van der Waals surface area contributed by atoms with E-state index in [2.05, 4.69) is 68.3 Å². The maximum Gasteiger partial charge on any atom is 0.416 e. The van der Waals surface area contributed by atoms with Crippen molar-refractivity contribution >= 4 is 148 Å². The molecule has 0 saturated carbocycles. The molecular formula is C33H20Cl6F9I3N12. The molecule has 63 heavy (non-hydrogen) atoms. The average molecular weight is 1350 g/mol. The van der Waals surface area contributed by atoms with Gasteiger partial charge in [-0.1, -0.05) is 69.6 Å². The van der Waals surface area contributed by atoms with Crippen LogP contribution in [0.4, 0.5) is 56.7 Å². The summed E-state index contributed by atoms with van der Waals surface area (Å²) in [6.07, 6.45) is -12.3. The molecule has 4 rings (SSSR count). The minimum Gasteiger partial charge on any atom is -0.384 e. The van der Waals surface area contributed by atoms with Crippen molar-refractivity contribution in [1.29, 1.82) is 15.8 Å². The van der Waals surface area contributed by atoms with Crippen molar-refractivity contribution in [1.82, 2.24) is 15.2 Å². The first-order valence-corrected chi connectivity index (χ1v) is 23.6. The Balaban J connectivity index is 0. The number of nitriles is 3. The Kier molecular flexibility index (Phi) is 28.7. The zero-order valence-corrected chi connectivity index (χ0v) is 41.3. The first kappa shape index (κ1) is 61.8. The van der Waals surface area contributed by atoms with Gasteiger partial charge in [-0.15, -0.1) is 24.0 Å². The molecule has 0 aliphatic rings. The Morgan fingerprint density at radius 3 is 1.43 bits per heavy atom. The fraction of sp³-hybridized carbons (Fsp3) is 0.152. The topological polar surface area (TPSA) is 186 Å². The number of nitrogens with one attached hydrogen (secondary N) is 3. The highest BCUT2D eigenvalue weighted by Crippen LogP contribution is 2.40. The Labute approximate surface area is 422 Å². The second kappa shape index (κ2) is 29.3. The molecule has 0 amide bonds. The number of alkyl halides is 9. The van der Waals surface area contributed by atoms with E-state index in [4.69, 9.17) is 110 Å². The Hall–Kier alpha value is -3.32. The highest BCUT2D eigenvalue weighted by Gasteiger charge is 2.34. The molecule has 1 heterocycles. The molecule has 4 aromatic rings. The molecule has 0 aliphatic heterocycles. The number of rotatable bonds is 6. The number of nitrogens with zero attached hydrogens (tertiary/aromatic N) is 7. The van der Waals surface area contributed by atoms with Gasteiger partial charge in [-0.05, 0) is 36.4 Å². The van der Waals surface area contributed by atoms with E-state index in [9.17, 15) is 39.5 Å². The number of allylic oxidation sites excluding steroid dienone is 1. The van der Waals surface area contributed by atoms with Crippen LogP contribution in [0.2, 0.25) is 30.1 Å². The van der Waals surface area contributed by atoms with Crippen molar-refractivity contribution in [2.45, 2.75) is 31.1 Å². The zero-order chi connectivity index (χ0) is 48.2. The third-order valence-corrected chi connectivity index (χ3v) is 8.09. The molecule has 1 aromatic heterocycles. The van der Waals surface area contributed by atoms with Crippen LogP contribution in [0.15, 0.2) is 54.7 Å². The molecule has 12 nitrogen and oxygen atoms in total. The zero-order valence-electron chi connectivity index (χ0n) is 30.1. The van der Waals surface area contributed by atoms with Gasteiger partial charge < -0.3 is 16.6 Å². The fourth-order valence-corrected chi connectivity index (χ4v) is 5.56. The van der Waals surface area contributed by atoms with Gasteiger partial charge in [0.15, 0.2) is 11.9 Å². The molecule has 1 atom stereocenters. The molecule has 0 bridgehead atoms. The summed E-state index contributed by atoms with van der Waals surface area (Å²) in [5.41, 5.74) is 9.82. The maximum atomic E-state index is 12.6. The lowest BCUT2D eigenvalue weighted by Crippen LogP contribution is -2.31. The van der Waals surface area contributed by atoms with Crippen molar-refractivity contribution in [3.63, 3.8) is 0 Å². The van der Waals surface area contributed by atoms with Gasteiger partial charge in [0.05, 0.1) is 76.9 Å². The molecule has 30 heteroatoms. The van der Waals surface area contributed by atoms with E-state index in [1.54, 1.807) is 18.2 Å². The lowest BCUT2D eigenvalue weighted by Gasteiger charge is -2.14. The first-order chi connectivity index (χ1) is 28.8. The van der Waals surface area contributed by atoms with Crippen molar-refractivity contribution in [2.24, 2.45) is 5.84 Å². The van der Waals surface area contributed by atoms with E-state index in [1.165, 1.54) is 6.07 Å². The second-order valence-corrected chi connectivity index (χ2v) is 12.8. The molecule has 0 spiro atoms. The van der Waals surface area contributed by atoms with Crippen LogP contribution in [0.5, 0.6) is 0 Å². The van der Waals surface area contributed by atoms with E-state index < -0.39 is 41.4 Å². The molecular weight excluding hydrogens is 1330 g/mol. The normalized spacial score (nSPS) is 10.9. The summed E-state index contributed by atoms with van der Waals surface area (Å²) in [5, 5.41) is 27.3. The fourth-order valence-electron chi connectivity index (χ4n) is 3.73. The number of halogens is 18. The van der Waals surface area contributed by atoms with Crippen LogP contribution in [-0.2, 0) is 18.5 Å². The number of hydrazine groups is 2. The third-order valence-electron chi connectivity index (χ3n) is 6.32. The summed E-state index contributed by atoms with van der Waals surface area (Å²) < 4.78 is 113. The number of hydrogen-bond donors (Lipinski definition) is 5. The average Bonchev–Trinajstić information content (AvgIpc) is 3.56. The minimum absolute atomic E-state index is 0. The van der Waals surface area contributed by atoms with Gasteiger partial charge in [-0.2, -0.15) is 65.8 Å². The summed E-state index contributed by atoms with van der Waals surface area (Å²) in [7, 11) is 0. The number of hydrogen-bond acceptors (Lipinski definition) is 9. The third kappa shape index (κ3) is 20.6. The van der Waals surface area contributed by atoms with Crippen LogP contribution >= 0.6 is 131 Å². The van der Waals surface area contributed by atoms with Crippen LogP contribution in [0.25, 0.3) is 15.4 Å². The first-order valence-electron chi connectivity index (χ1n) is 15.0. The SMILES string of the molecule is I.II.N#Cc1cc(N)n(-c2c(Cl)cc(C(F)(F)F)cc2Cl)n1.NNc1c(Cl)cc(C(F)(F)F)cc1Cl.[C-]#[N+]/C=C/C#N.[C-]#[N+]C(CC#N)NNc1c(Cl)cc(C(F)(F)F)cc1Cl. The lowest BCUT2D eigenvalue weighted by atomic mass is 10.2. The van der Waals surface area contributed by atoms with Gasteiger partial charge in [-0.25, -0.2) is 16.1 Å².